The van der Waals surface area contributed by atoms with Crippen LogP contribution in [0, 0.1) is 0 Å². The summed E-state index contributed by atoms with van der Waals surface area (Å²) in [5, 5.41) is 5.07. The number of hydrogen-bond donors (Lipinski definition) is 3. The first-order chi connectivity index (χ1) is 9.72. The van der Waals surface area contributed by atoms with Gasteiger partial charge in [0.25, 0.3) is 0 Å². The lowest BCUT2D eigenvalue weighted by molar-refractivity contribution is 0.100. The molecule has 3 rings (SSSR count). The van der Waals surface area contributed by atoms with Crippen molar-refractivity contribution in [1.82, 2.24) is 15.3 Å². The first-order valence-corrected chi connectivity index (χ1v) is 7.12. The van der Waals surface area contributed by atoms with Crippen LogP contribution >= 0.6 is 11.3 Å². The number of nitrogens with two attached hydrogens (primary N) is 1. The van der Waals surface area contributed by atoms with Crippen LogP contribution in [0.25, 0.3) is 11.0 Å². The van der Waals surface area contributed by atoms with E-state index in [1.807, 2.05) is 30.3 Å². The summed E-state index contributed by atoms with van der Waals surface area (Å²) in [5.41, 5.74) is 7.79. The lowest BCUT2D eigenvalue weighted by Crippen LogP contribution is -2.13. The van der Waals surface area contributed by atoms with Gasteiger partial charge >= 0.3 is 0 Å². The van der Waals surface area contributed by atoms with Crippen molar-refractivity contribution in [1.29, 1.82) is 0 Å². The van der Waals surface area contributed by atoms with Crippen molar-refractivity contribution in [2.45, 2.75) is 13.1 Å². The van der Waals surface area contributed by atoms with Crippen LogP contribution in [-0.2, 0) is 13.1 Å². The third-order valence-corrected chi connectivity index (χ3v) is 3.91. The second-order valence-corrected chi connectivity index (χ2v) is 5.47. The van der Waals surface area contributed by atoms with Gasteiger partial charge in [0, 0.05) is 16.8 Å². The Kier molecular flexibility index (Phi) is 3.49. The number of carbonyl (C=O) groups is 1. The minimum atomic E-state index is -0.384. The molecule has 102 valence electrons. The van der Waals surface area contributed by atoms with Crippen LogP contribution in [0.5, 0.6) is 0 Å². The Morgan fingerprint density at radius 1 is 1.35 bits per heavy atom. The molecule has 2 heterocycles. The Morgan fingerprint density at radius 2 is 2.20 bits per heavy atom. The summed E-state index contributed by atoms with van der Waals surface area (Å²) in [6, 6.07) is 9.75. The van der Waals surface area contributed by atoms with Crippen molar-refractivity contribution in [3.8, 4) is 0 Å². The fourth-order valence-electron chi connectivity index (χ4n) is 2.00. The maximum Gasteiger partial charge on any atom is 0.249 e. The third-order valence-electron chi connectivity index (χ3n) is 2.97. The molecule has 3 aromatic rings. The second-order valence-electron chi connectivity index (χ2n) is 4.47. The molecule has 4 N–H and O–H groups in total. The molecule has 0 fully saturated rings. The van der Waals surface area contributed by atoms with E-state index in [0.717, 1.165) is 21.7 Å². The van der Waals surface area contributed by atoms with E-state index in [2.05, 4.69) is 15.3 Å². The summed E-state index contributed by atoms with van der Waals surface area (Å²) in [6.45, 7) is 1.34. The average molecular weight is 286 g/mol. The largest absolute Gasteiger partial charge is 0.366 e. The number of hydrogen-bond acceptors (Lipinski definition) is 4. The number of aromatic amines is 1. The van der Waals surface area contributed by atoms with E-state index in [1.54, 1.807) is 5.38 Å². The molecule has 0 saturated carbocycles. The Labute approximate surface area is 119 Å². The minimum Gasteiger partial charge on any atom is -0.366 e. The summed E-state index contributed by atoms with van der Waals surface area (Å²) in [4.78, 5) is 19.8. The van der Waals surface area contributed by atoms with Gasteiger partial charge in [0.05, 0.1) is 23.1 Å². The van der Waals surface area contributed by atoms with Gasteiger partial charge in [0.1, 0.15) is 5.82 Å². The molecule has 0 aliphatic carbocycles. The third kappa shape index (κ3) is 2.71. The molecule has 1 aromatic carbocycles. The molecule has 20 heavy (non-hydrogen) atoms. The maximum atomic E-state index is 11.0. The van der Waals surface area contributed by atoms with Crippen molar-refractivity contribution >= 4 is 28.3 Å². The standard InChI is InChI=1S/C14H14N4OS/c15-14(19)9-5-10(20-8-9)6-16-7-13-17-11-3-1-2-4-12(11)18-13/h1-5,8,16H,6-7H2,(H2,15,19)(H,17,18). The number of nitrogens with one attached hydrogen (secondary N) is 2. The molecule has 0 atom stereocenters. The van der Waals surface area contributed by atoms with E-state index >= 15 is 0 Å². The number of fused-ring (bicyclic) bond motifs is 1. The van der Waals surface area contributed by atoms with Crippen LogP contribution in [0.15, 0.2) is 35.7 Å². The van der Waals surface area contributed by atoms with Crippen LogP contribution in [0.1, 0.15) is 21.1 Å². The highest BCUT2D eigenvalue weighted by atomic mass is 32.1. The van der Waals surface area contributed by atoms with E-state index in [4.69, 9.17) is 5.73 Å². The first-order valence-electron chi connectivity index (χ1n) is 6.24. The highest BCUT2D eigenvalue weighted by Gasteiger charge is 2.05. The van der Waals surface area contributed by atoms with E-state index in [1.165, 1.54) is 11.3 Å². The summed E-state index contributed by atoms with van der Waals surface area (Å²) in [7, 11) is 0. The topological polar surface area (TPSA) is 83.8 Å². The zero-order valence-electron chi connectivity index (χ0n) is 10.7. The number of primary amides is 1. The van der Waals surface area contributed by atoms with Gasteiger partial charge in [0.15, 0.2) is 0 Å². The highest BCUT2D eigenvalue weighted by molar-refractivity contribution is 7.10. The highest BCUT2D eigenvalue weighted by Crippen LogP contribution is 2.14. The monoisotopic (exact) mass is 286 g/mol. The normalized spacial score (nSPS) is 11.0. The molecule has 6 heteroatoms. The zero-order valence-corrected chi connectivity index (χ0v) is 11.5. The van der Waals surface area contributed by atoms with Crippen molar-refractivity contribution in [3.63, 3.8) is 0 Å². The maximum absolute atomic E-state index is 11.0. The Bertz CT molecular complexity index is 713. The molecule has 0 bridgehead atoms. The lowest BCUT2D eigenvalue weighted by Gasteiger charge is -1.99. The lowest BCUT2D eigenvalue weighted by atomic mass is 10.3. The number of nitrogens with zero attached hydrogens (tertiary/aromatic N) is 1. The Morgan fingerprint density at radius 3 is 2.95 bits per heavy atom. The number of amides is 1. The van der Waals surface area contributed by atoms with Gasteiger partial charge in [-0.3, -0.25) is 4.79 Å². The van der Waals surface area contributed by atoms with Crippen molar-refractivity contribution in [2.75, 3.05) is 0 Å². The molecule has 0 unspecified atom stereocenters. The number of thiophene rings is 1. The number of carbonyl (C=O) groups excluding carboxylic acids is 1. The zero-order chi connectivity index (χ0) is 13.9. The van der Waals surface area contributed by atoms with Gasteiger partial charge in [-0.25, -0.2) is 4.98 Å². The van der Waals surface area contributed by atoms with Crippen molar-refractivity contribution in [2.24, 2.45) is 5.73 Å². The van der Waals surface area contributed by atoms with Crippen molar-refractivity contribution in [3.05, 3.63) is 52.0 Å². The van der Waals surface area contributed by atoms with Crippen LogP contribution in [-0.4, -0.2) is 15.9 Å². The Balaban J connectivity index is 1.60. The average Bonchev–Trinajstić information content (AvgIpc) is 3.04. The predicted molar refractivity (Wildman–Crippen MR) is 79.5 cm³/mol. The smallest absolute Gasteiger partial charge is 0.249 e. The van der Waals surface area contributed by atoms with Crippen LogP contribution in [0.4, 0.5) is 0 Å². The fraction of sp³-hybridized carbons (Fsp3) is 0.143. The SMILES string of the molecule is NC(=O)c1csc(CNCc2nc3ccccc3[nH]2)c1. The second kappa shape index (κ2) is 5.44. The molecule has 1 amide bonds. The predicted octanol–water partition coefficient (Wildman–Crippen LogP) is 2.01. The van der Waals surface area contributed by atoms with E-state index < -0.39 is 0 Å². The van der Waals surface area contributed by atoms with Crippen molar-refractivity contribution < 1.29 is 4.79 Å². The molecular formula is C14H14N4OS. The fourth-order valence-corrected chi connectivity index (χ4v) is 2.84. The summed E-state index contributed by atoms with van der Waals surface area (Å²) in [6.07, 6.45) is 0. The molecule has 0 aliphatic rings. The molecule has 5 nitrogen and oxygen atoms in total. The number of rotatable bonds is 5. The van der Waals surface area contributed by atoms with E-state index in [9.17, 15) is 4.79 Å². The van der Waals surface area contributed by atoms with Crippen LogP contribution in [0.2, 0.25) is 0 Å². The molecule has 0 radical (unpaired) electrons. The summed E-state index contributed by atoms with van der Waals surface area (Å²) >= 11 is 1.52. The summed E-state index contributed by atoms with van der Waals surface area (Å²) in [5.74, 6) is 0.516. The van der Waals surface area contributed by atoms with Gasteiger partial charge in [-0.2, -0.15) is 0 Å². The number of H-pyrrole nitrogens is 1. The van der Waals surface area contributed by atoms with Gasteiger partial charge < -0.3 is 16.0 Å². The van der Waals surface area contributed by atoms with Gasteiger partial charge in [-0.15, -0.1) is 11.3 Å². The minimum absolute atomic E-state index is 0.384. The van der Waals surface area contributed by atoms with Crippen LogP contribution in [0.3, 0.4) is 0 Å². The van der Waals surface area contributed by atoms with Gasteiger partial charge in [-0.05, 0) is 18.2 Å². The van der Waals surface area contributed by atoms with Crippen LogP contribution < -0.4 is 11.1 Å². The quantitative estimate of drug-likeness (QED) is 0.671. The number of imidazole rings is 1. The molecular weight excluding hydrogens is 272 g/mol. The van der Waals surface area contributed by atoms with Gasteiger partial charge in [-0.1, -0.05) is 12.1 Å². The number of para-hydroxylation sites is 2. The first kappa shape index (κ1) is 12.8. The molecule has 2 aromatic heterocycles. The van der Waals surface area contributed by atoms with E-state index in [-0.39, 0.29) is 5.91 Å². The molecule has 0 spiro atoms. The summed E-state index contributed by atoms with van der Waals surface area (Å²) < 4.78 is 0. The van der Waals surface area contributed by atoms with E-state index in [0.29, 0.717) is 18.7 Å². The van der Waals surface area contributed by atoms with Gasteiger partial charge in [0.2, 0.25) is 5.91 Å². The number of aromatic nitrogens is 2. The molecule has 0 aliphatic heterocycles. The Hall–Kier alpha value is -2.18. The number of benzene rings is 1. The molecule has 0 saturated heterocycles.